The zero-order valence-corrected chi connectivity index (χ0v) is 9.64. The van der Waals surface area contributed by atoms with E-state index in [0.717, 1.165) is 21.9 Å². The van der Waals surface area contributed by atoms with E-state index >= 15 is 0 Å². The van der Waals surface area contributed by atoms with Crippen molar-refractivity contribution in [2.45, 2.75) is 0 Å². The predicted molar refractivity (Wildman–Crippen MR) is 66.4 cm³/mol. The Hall–Kier alpha value is -2.23. The van der Waals surface area contributed by atoms with Crippen molar-refractivity contribution in [3.63, 3.8) is 0 Å². The minimum absolute atomic E-state index is 0.316. The number of aromatic carboxylic acids is 1. The standard InChI is InChI=1S/C13H12N2O2/c1-14-10-6-4-3-5-8(10)9-7-11(13(16)17)15(2)12(9)14/h3-7H,1-2H3,(H,16,17). The van der Waals surface area contributed by atoms with Crippen LogP contribution in [0.25, 0.3) is 21.9 Å². The number of rotatable bonds is 1. The number of para-hydroxylation sites is 1. The average molecular weight is 228 g/mol. The van der Waals surface area contributed by atoms with Crippen molar-refractivity contribution in [1.82, 2.24) is 9.13 Å². The largest absolute Gasteiger partial charge is 0.477 e. The van der Waals surface area contributed by atoms with Gasteiger partial charge in [0.1, 0.15) is 11.3 Å². The third-order valence-corrected chi connectivity index (χ3v) is 3.29. The van der Waals surface area contributed by atoms with E-state index < -0.39 is 5.97 Å². The highest BCUT2D eigenvalue weighted by molar-refractivity contribution is 6.09. The maximum absolute atomic E-state index is 11.1. The fourth-order valence-corrected chi connectivity index (χ4v) is 2.51. The number of aromatic nitrogens is 2. The first-order chi connectivity index (χ1) is 8.11. The molecule has 0 aliphatic carbocycles. The monoisotopic (exact) mass is 228 g/mol. The molecule has 1 aromatic carbocycles. The minimum Gasteiger partial charge on any atom is -0.477 e. The SMILES string of the molecule is Cn1c(C(=O)O)cc2c3ccccc3n(C)c21. The van der Waals surface area contributed by atoms with E-state index in [1.165, 1.54) is 0 Å². The van der Waals surface area contributed by atoms with Gasteiger partial charge >= 0.3 is 5.97 Å². The zero-order valence-electron chi connectivity index (χ0n) is 9.64. The van der Waals surface area contributed by atoms with Crippen LogP contribution in [0.5, 0.6) is 0 Å². The van der Waals surface area contributed by atoms with Crippen molar-refractivity contribution in [2.24, 2.45) is 14.1 Å². The highest BCUT2D eigenvalue weighted by Crippen LogP contribution is 2.29. The van der Waals surface area contributed by atoms with E-state index in [2.05, 4.69) is 0 Å². The molecule has 0 aliphatic rings. The Balaban J connectivity index is 2.56. The van der Waals surface area contributed by atoms with Gasteiger partial charge in [-0.1, -0.05) is 18.2 Å². The van der Waals surface area contributed by atoms with E-state index in [0.29, 0.717) is 5.69 Å². The van der Waals surface area contributed by atoms with Crippen molar-refractivity contribution in [1.29, 1.82) is 0 Å². The van der Waals surface area contributed by atoms with Crippen molar-refractivity contribution < 1.29 is 9.90 Å². The molecule has 4 heteroatoms. The number of aryl methyl sites for hydroxylation is 2. The summed E-state index contributed by atoms with van der Waals surface area (Å²) in [7, 11) is 3.74. The van der Waals surface area contributed by atoms with Crippen molar-refractivity contribution in [3.8, 4) is 0 Å². The van der Waals surface area contributed by atoms with Gasteiger partial charge in [0, 0.05) is 24.9 Å². The summed E-state index contributed by atoms with van der Waals surface area (Å²) >= 11 is 0. The van der Waals surface area contributed by atoms with E-state index in [4.69, 9.17) is 5.11 Å². The molecule has 0 atom stereocenters. The number of carboxylic acids is 1. The number of carboxylic acid groups (broad SMARTS) is 1. The summed E-state index contributed by atoms with van der Waals surface area (Å²) in [5, 5.41) is 11.2. The first-order valence-electron chi connectivity index (χ1n) is 5.37. The molecule has 0 saturated heterocycles. The Morgan fingerprint density at radius 2 is 1.82 bits per heavy atom. The van der Waals surface area contributed by atoms with E-state index in [9.17, 15) is 4.79 Å². The number of benzene rings is 1. The van der Waals surface area contributed by atoms with Crippen LogP contribution in [0.3, 0.4) is 0 Å². The predicted octanol–water partition coefficient (Wildman–Crippen LogP) is 2.37. The second-order valence-electron chi connectivity index (χ2n) is 4.21. The average Bonchev–Trinajstić information content (AvgIpc) is 2.78. The van der Waals surface area contributed by atoms with Gasteiger partial charge in [-0.3, -0.25) is 0 Å². The zero-order chi connectivity index (χ0) is 12.2. The third-order valence-electron chi connectivity index (χ3n) is 3.29. The lowest BCUT2D eigenvalue weighted by Crippen LogP contribution is -2.05. The number of hydrogen-bond donors (Lipinski definition) is 1. The topological polar surface area (TPSA) is 47.2 Å². The second kappa shape index (κ2) is 3.13. The van der Waals surface area contributed by atoms with Crippen LogP contribution in [0.15, 0.2) is 30.3 Å². The summed E-state index contributed by atoms with van der Waals surface area (Å²) in [6, 6.07) is 9.74. The number of fused-ring (bicyclic) bond motifs is 3. The molecule has 0 aliphatic heterocycles. The molecule has 3 aromatic rings. The molecule has 0 amide bonds. The summed E-state index contributed by atoms with van der Waals surface area (Å²) < 4.78 is 3.74. The fraction of sp³-hybridized carbons (Fsp3) is 0.154. The lowest BCUT2D eigenvalue weighted by molar-refractivity contribution is 0.0687. The Kier molecular flexibility index (Phi) is 1.84. The minimum atomic E-state index is -0.896. The van der Waals surface area contributed by atoms with Crippen molar-refractivity contribution in [2.75, 3.05) is 0 Å². The molecule has 4 nitrogen and oxygen atoms in total. The highest BCUT2D eigenvalue weighted by Gasteiger charge is 2.17. The lowest BCUT2D eigenvalue weighted by atomic mass is 10.2. The molecule has 0 bridgehead atoms. The Bertz CT molecular complexity index is 750. The maximum Gasteiger partial charge on any atom is 0.352 e. The van der Waals surface area contributed by atoms with Crippen LogP contribution in [0.2, 0.25) is 0 Å². The van der Waals surface area contributed by atoms with Crippen LogP contribution in [0.1, 0.15) is 10.5 Å². The molecule has 86 valence electrons. The molecular formula is C13H12N2O2. The number of nitrogens with zero attached hydrogens (tertiary/aromatic N) is 2. The van der Waals surface area contributed by atoms with Gasteiger partial charge in [-0.25, -0.2) is 4.79 Å². The lowest BCUT2D eigenvalue weighted by Gasteiger charge is -2.02. The van der Waals surface area contributed by atoms with Gasteiger partial charge in [-0.05, 0) is 12.1 Å². The molecule has 1 N–H and O–H groups in total. The summed E-state index contributed by atoms with van der Waals surface area (Å²) in [4.78, 5) is 11.1. The highest BCUT2D eigenvalue weighted by atomic mass is 16.4. The number of carbonyl (C=O) groups is 1. The fourth-order valence-electron chi connectivity index (χ4n) is 2.51. The molecule has 0 unspecified atom stereocenters. The van der Waals surface area contributed by atoms with Crippen LogP contribution in [0, 0.1) is 0 Å². The molecule has 0 spiro atoms. The Labute approximate surface area is 97.7 Å². The summed E-state index contributed by atoms with van der Waals surface area (Å²) in [6.45, 7) is 0. The molecule has 2 aromatic heterocycles. The molecule has 17 heavy (non-hydrogen) atoms. The molecule has 0 radical (unpaired) electrons. The van der Waals surface area contributed by atoms with E-state index in [-0.39, 0.29) is 0 Å². The summed E-state index contributed by atoms with van der Waals surface area (Å²) in [5.41, 5.74) is 2.37. The van der Waals surface area contributed by atoms with Gasteiger partial charge in [-0.15, -0.1) is 0 Å². The van der Waals surface area contributed by atoms with Crippen LogP contribution < -0.4 is 0 Å². The van der Waals surface area contributed by atoms with Crippen LogP contribution in [-0.2, 0) is 14.1 Å². The Morgan fingerprint density at radius 1 is 1.12 bits per heavy atom. The first kappa shape index (κ1) is 9.96. The van der Waals surface area contributed by atoms with Crippen LogP contribution >= 0.6 is 0 Å². The van der Waals surface area contributed by atoms with Gasteiger partial charge < -0.3 is 14.2 Å². The van der Waals surface area contributed by atoms with Gasteiger partial charge in [0.05, 0.1) is 5.52 Å². The van der Waals surface area contributed by atoms with Crippen molar-refractivity contribution in [3.05, 3.63) is 36.0 Å². The van der Waals surface area contributed by atoms with E-state index in [1.54, 1.807) is 17.7 Å². The first-order valence-corrected chi connectivity index (χ1v) is 5.37. The third kappa shape index (κ3) is 1.15. The second-order valence-corrected chi connectivity index (χ2v) is 4.21. The molecule has 2 heterocycles. The summed E-state index contributed by atoms with van der Waals surface area (Å²) in [6.07, 6.45) is 0. The van der Waals surface area contributed by atoms with Gasteiger partial charge in [0.15, 0.2) is 0 Å². The van der Waals surface area contributed by atoms with Crippen LogP contribution in [-0.4, -0.2) is 20.2 Å². The van der Waals surface area contributed by atoms with Crippen molar-refractivity contribution >= 4 is 27.9 Å². The smallest absolute Gasteiger partial charge is 0.352 e. The number of hydrogen-bond acceptors (Lipinski definition) is 1. The van der Waals surface area contributed by atoms with Gasteiger partial charge in [0.2, 0.25) is 0 Å². The van der Waals surface area contributed by atoms with E-state index in [1.807, 2.05) is 35.9 Å². The normalized spacial score (nSPS) is 11.4. The van der Waals surface area contributed by atoms with Gasteiger partial charge in [0.25, 0.3) is 0 Å². The van der Waals surface area contributed by atoms with Gasteiger partial charge in [-0.2, -0.15) is 0 Å². The Morgan fingerprint density at radius 3 is 2.53 bits per heavy atom. The molecule has 0 saturated carbocycles. The summed E-state index contributed by atoms with van der Waals surface area (Å²) in [5.74, 6) is -0.896. The van der Waals surface area contributed by atoms with Crippen LogP contribution in [0.4, 0.5) is 0 Å². The molecule has 0 fully saturated rings. The molecular weight excluding hydrogens is 216 g/mol. The maximum atomic E-state index is 11.1. The molecule has 3 rings (SSSR count). The quantitative estimate of drug-likeness (QED) is 0.695.